The highest BCUT2D eigenvalue weighted by Gasteiger charge is 2.25. The highest BCUT2D eigenvalue weighted by atomic mass is 32.2. The first-order valence-electron chi connectivity index (χ1n) is 11.2. The molecule has 1 aromatic heterocycles. The summed E-state index contributed by atoms with van der Waals surface area (Å²) < 4.78 is 2.39. The molecule has 4 aromatic rings. The Morgan fingerprint density at radius 3 is 2.31 bits per heavy atom. The summed E-state index contributed by atoms with van der Waals surface area (Å²) in [5, 5.41) is 2.50. The summed E-state index contributed by atoms with van der Waals surface area (Å²) in [5.74, 6) is 1.22. The maximum atomic E-state index is 2.43. The van der Waals surface area contributed by atoms with Gasteiger partial charge in [0.05, 0.1) is 23.8 Å². The number of nitrogens with zero attached hydrogens (tertiary/aromatic N) is 3. The van der Waals surface area contributed by atoms with Gasteiger partial charge in [-0.3, -0.25) is 4.90 Å². The largest absolute Gasteiger partial charge is 0.338 e. The first-order valence-corrected chi connectivity index (χ1v) is 12.0. The summed E-state index contributed by atoms with van der Waals surface area (Å²) in [4.78, 5) is 6.04. The molecule has 0 amide bonds. The van der Waals surface area contributed by atoms with Crippen LogP contribution < -0.4 is 14.4 Å². The van der Waals surface area contributed by atoms with E-state index in [9.17, 15) is 0 Å². The summed E-state index contributed by atoms with van der Waals surface area (Å²) in [6.45, 7) is 6.36. The molecule has 160 valence electrons. The Kier molecular flexibility index (Phi) is 5.62. The smallest absolute Gasteiger partial charge is 0.282 e. The molecule has 0 radical (unpaired) electrons. The van der Waals surface area contributed by atoms with Gasteiger partial charge in [0.25, 0.3) is 5.82 Å². The molecule has 0 unspecified atom stereocenters. The molecule has 0 fully saturated rings. The van der Waals surface area contributed by atoms with E-state index in [1.165, 1.54) is 43.6 Å². The van der Waals surface area contributed by atoms with Crippen LogP contribution in [0.2, 0.25) is 0 Å². The Morgan fingerprint density at radius 2 is 1.56 bits per heavy atom. The van der Waals surface area contributed by atoms with Crippen LogP contribution in [0.5, 0.6) is 0 Å². The van der Waals surface area contributed by atoms with Gasteiger partial charge in [0, 0.05) is 23.4 Å². The van der Waals surface area contributed by atoms with E-state index in [-0.39, 0.29) is 0 Å². The predicted molar refractivity (Wildman–Crippen MR) is 138 cm³/mol. The van der Waals surface area contributed by atoms with Crippen LogP contribution in [0.15, 0.2) is 94.9 Å². The van der Waals surface area contributed by atoms with E-state index in [1.54, 1.807) is 0 Å². The molecule has 0 N–H and O–H groups in total. The van der Waals surface area contributed by atoms with E-state index in [1.807, 2.05) is 11.8 Å². The molecular weight excluding hydrogens is 410 g/mol. The van der Waals surface area contributed by atoms with Crippen LogP contribution in [0.4, 0.5) is 11.5 Å². The van der Waals surface area contributed by atoms with Crippen molar-refractivity contribution in [2.75, 3.05) is 29.9 Å². The molecule has 32 heavy (non-hydrogen) atoms. The second-order valence-corrected chi connectivity index (χ2v) is 8.99. The maximum absolute atomic E-state index is 2.43. The van der Waals surface area contributed by atoms with E-state index in [0.29, 0.717) is 0 Å². The number of hydrogen-bond donors (Lipinski definition) is 0. The van der Waals surface area contributed by atoms with Gasteiger partial charge < -0.3 is 4.90 Å². The lowest BCUT2D eigenvalue weighted by Crippen LogP contribution is -2.41. The summed E-state index contributed by atoms with van der Waals surface area (Å²) >= 11 is 1.84. The van der Waals surface area contributed by atoms with Gasteiger partial charge in [-0.1, -0.05) is 60.3 Å². The van der Waals surface area contributed by atoms with Crippen LogP contribution >= 0.6 is 11.8 Å². The second kappa shape index (κ2) is 8.71. The fraction of sp³-hybridized carbons (Fsp3) is 0.179. The topological polar surface area (TPSA) is 10.4 Å². The van der Waals surface area contributed by atoms with E-state index < -0.39 is 0 Å². The van der Waals surface area contributed by atoms with Crippen molar-refractivity contribution >= 4 is 40.2 Å². The molecule has 0 aliphatic carbocycles. The number of benzene rings is 3. The predicted octanol–water partition coefficient (Wildman–Crippen LogP) is 6.50. The van der Waals surface area contributed by atoms with Crippen LogP contribution in [-0.4, -0.2) is 20.1 Å². The summed E-state index contributed by atoms with van der Waals surface area (Å²) in [7, 11) is 2.16. The number of hydrogen-bond acceptors (Lipinski definition) is 3. The normalized spacial score (nSPS) is 14.2. The number of thioether (sulfide) groups is 1. The Labute approximate surface area is 194 Å². The molecule has 1 aliphatic heterocycles. The SMILES string of the molecule is CCN(CC)c1cc(/C=C2\Sc3ccccc3N2C)c2ccccc2[n+]1-c1ccccc1. The van der Waals surface area contributed by atoms with Crippen molar-refractivity contribution < 1.29 is 4.57 Å². The average Bonchev–Trinajstić information content (AvgIpc) is 3.16. The molecule has 0 atom stereocenters. The standard InChI is InChI=1S/C28H28N3S/c1-4-30(5-2)27-19-21(20-28-29(3)25-17-11-12-18-26(25)32-28)23-15-9-10-16-24(23)31(27)22-13-7-6-8-14-22/h6-20H,4-5H2,1-3H3/q+1. The zero-order valence-corrected chi connectivity index (χ0v) is 19.6. The minimum atomic E-state index is 0.956. The maximum Gasteiger partial charge on any atom is 0.282 e. The van der Waals surface area contributed by atoms with Crippen LogP contribution in [0, 0.1) is 0 Å². The zero-order valence-electron chi connectivity index (χ0n) is 18.8. The summed E-state index contributed by atoms with van der Waals surface area (Å²) in [6, 6.07) is 30.4. The molecule has 1 aliphatic rings. The van der Waals surface area contributed by atoms with Crippen molar-refractivity contribution in [3.05, 3.63) is 95.5 Å². The number of anilines is 2. The molecule has 5 rings (SSSR count). The van der Waals surface area contributed by atoms with Crippen molar-refractivity contribution in [2.24, 2.45) is 0 Å². The third-order valence-electron chi connectivity index (χ3n) is 6.12. The van der Waals surface area contributed by atoms with Gasteiger partial charge in [0.2, 0.25) is 0 Å². The number of para-hydroxylation sites is 3. The third-order valence-corrected chi connectivity index (χ3v) is 7.29. The highest BCUT2D eigenvalue weighted by molar-refractivity contribution is 8.03. The highest BCUT2D eigenvalue weighted by Crippen LogP contribution is 2.45. The summed E-state index contributed by atoms with van der Waals surface area (Å²) in [6.07, 6.45) is 2.34. The number of fused-ring (bicyclic) bond motifs is 2. The first kappa shape index (κ1) is 20.7. The van der Waals surface area contributed by atoms with E-state index in [2.05, 4.69) is 126 Å². The molecule has 3 nitrogen and oxygen atoms in total. The monoisotopic (exact) mass is 438 g/mol. The van der Waals surface area contributed by atoms with Crippen molar-refractivity contribution in [3.8, 4) is 5.69 Å². The van der Waals surface area contributed by atoms with Crippen LogP contribution in [0.3, 0.4) is 0 Å². The number of aromatic nitrogens is 1. The lowest BCUT2D eigenvalue weighted by atomic mass is 10.1. The van der Waals surface area contributed by atoms with Crippen LogP contribution in [-0.2, 0) is 0 Å². The Hall–Kier alpha value is -3.24. The minimum Gasteiger partial charge on any atom is -0.338 e. The molecule has 2 heterocycles. The van der Waals surface area contributed by atoms with E-state index in [0.717, 1.165) is 13.1 Å². The second-order valence-electron chi connectivity index (χ2n) is 7.93. The van der Waals surface area contributed by atoms with Gasteiger partial charge in [-0.25, -0.2) is 0 Å². The molecule has 0 spiro atoms. The van der Waals surface area contributed by atoms with Crippen molar-refractivity contribution in [2.45, 2.75) is 18.7 Å². The van der Waals surface area contributed by atoms with Crippen LogP contribution in [0.25, 0.3) is 22.7 Å². The summed E-state index contributed by atoms with van der Waals surface area (Å²) in [5.41, 5.74) is 4.92. The first-order chi connectivity index (χ1) is 15.7. The fourth-order valence-electron chi connectivity index (χ4n) is 4.45. The quantitative estimate of drug-likeness (QED) is 0.329. The average molecular weight is 439 g/mol. The van der Waals surface area contributed by atoms with E-state index >= 15 is 0 Å². The fourth-order valence-corrected chi connectivity index (χ4v) is 5.55. The molecule has 0 bridgehead atoms. The number of pyridine rings is 1. The van der Waals surface area contributed by atoms with Crippen LogP contribution in [0.1, 0.15) is 19.4 Å². The molecular formula is C28H28N3S+. The molecule has 0 saturated heterocycles. The van der Waals surface area contributed by atoms with Crippen molar-refractivity contribution in [1.29, 1.82) is 0 Å². The van der Waals surface area contributed by atoms with Gasteiger partial charge in [0.15, 0.2) is 0 Å². The Balaban J connectivity index is 1.75. The molecule has 3 aromatic carbocycles. The van der Waals surface area contributed by atoms with Gasteiger partial charge in [-0.05, 0) is 55.8 Å². The van der Waals surface area contributed by atoms with E-state index in [4.69, 9.17) is 0 Å². The molecule has 0 saturated carbocycles. The van der Waals surface area contributed by atoms with Gasteiger partial charge in [-0.15, -0.1) is 0 Å². The lowest BCUT2D eigenvalue weighted by Gasteiger charge is -2.20. The van der Waals surface area contributed by atoms with Gasteiger partial charge >= 0.3 is 0 Å². The minimum absolute atomic E-state index is 0.956. The lowest BCUT2D eigenvalue weighted by molar-refractivity contribution is -0.553. The van der Waals surface area contributed by atoms with Crippen molar-refractivity contribution in [1.82, 2.24) is 0 Å². The Morgan fingerprint density at radius 1 is 0.875 bits per heavy atom. The van der Waals surface area contributed by atoms with Gasteiger partial charge in [0.1, 0.15) is 11.2 Å². The van der Waals surface area contributed by atoms with Gasteiger partial charge in [-0.2, -0.15) is 4.57 Å². The number of rotatable bonds is 5. The zero-order chi connectivity index (χ0) is 22.1. The van der Waals surface area contributed by atoms with Crippen molar-refractivity contribution in [3.63, 3.8) is 0 Å². The Bertz CT molecular complexity index is 1290. The molecule has 4 heteroatoms. The third kappa shape index (κ3) is 3.55.